The Hall–Kier alpha value is -4.56. The van der Waals surface area contributed by atoms with E-state index >= 15 is 0 Å². The average Bonchev–Trinajstić information content (AvgIpc) is 3.46. The third kappa shape index (κ3) is 7.39. The number of aliphatic hydroxyl groups is 2. The summed E-state index contributed by atoms with van der Waals surface area (Å²) < 4.78 is 49.8. The summed E-state index contributed by atoms with van der Waals surface area (Å²) in [6.45, 7) is 5.32. The maximum absolute atomic E-state index is 13.9. The van der Waals surface area contributed by atoms with Crippen LogP contribution in [-0.2, 0) is 30.3 Å². The first kappa shape index (κ1) is 34.3. The summed E-state index contributed by atoms with van der Waals surface area (Å²) >= 11 is 0. The molecule has 6 rings (SSSR count). The molecule has 0 bridgehead atoms. The van der Waals surface area contributed by atoms with Gasteiger partial charge in [-0.1, -0.05) is 60.2 Å². The van der Waals surface area contributed by atoms with Gasteiger partial charge in [0.2, 0.25) is 0 Å². The quantitative estimate of drug-likeness (QED) is 0.129. The molecule has 1 aliphatic heterocycles. The molecular weight excluding hydrogens is 648 g/mol. The van der Waals surface area contributed by atoms with Gasteiger partial charge in [-0.15, -0.1) is 6.58 Å². The van der Waals surface area contributed by atoms with Crippen LogP contribution in [0.2, 0.25) is 0 Å². The van der Waals surface area contributed by atoms with Gasteiger partial charge in [0.25, 0.3) is 16.0 Å². The average molecular weight is 687 g/mol. The molecule has 5 aromatic rings. The van der Waals surface area contributed by atoms with Gasteiger partial charge in [0.15, 0.2) is 6.29 Å². The van der Waals surface area contributed by atoms with E-state index in [0.29, 0.717) is 23.2 Å². The fourth-order valence-corrected chi connectivity index (χ4v) is 6.85. The SMILES string of the molecule is C=CCOC1O[C@H](COS(=O)(=O)c2ccc(C)cc2)[C@@H](O)[C@H](O)[C@H]1NC(=O)c1cn(Cc2ccc3ccccc3c2)c2cc(OC)ccc12. The van der Waals surface area contributed by atoms with Gasteiger partial charge >= 0.3 is 0 Å². The summed E-state index contributed by atoms with van der Waals surface area (Å²) in [6, 6.07) is 24.5. The van der Waals surface area contributed by atoms with Crippen molar-refractivity contribution in [2.75, 3.05) is 20.3 Å². The van der Waals surface area contributed by atoms with E-state index < -0.39 is 53.3 Å². The molecule has 0 saturated carbocycles. The van der Waals surface area contributed by atoms with Crippen molar-refractivity contribution < 1.29 is 41.8 Å². The summed E-state index contributed by atoms with van der Waals surface area (Å²) in [7, 11) is -2.62. The van der Waals surface area contributed by atoms with Gasteiger partial charge in [-0.25, -0.2) is 0 Å². The maximum Gasteiger partial charge on any atom is 0.297 e. The van der Waals surface area contributed by atoms with Gasteiger partial charge in [0, 0.05) is 24.2 Å². The number of carbonyl (C=O) groups excluding carboxylic acids is 1. The number of hydrogen-bond acceptors (Lipinski definition) is 9. The number of hydrogen-bond donors (Lipinski definition) is 3. The molecule has 3 N–H and O–H groups in total. The minimum atomic E-state index is -4.19. The van der Waals surface area contributed by atoms with Crippen LogP contribution in [0.25, 0.3) is 21.7 Å². The highest BCUT2D eigenvalue weighted by molar-refractivity contribution is 7.86. The Labute approximate surface area is 284 Å². The van der Waals surface area contributed by atoms with Gasteiger partial charge in [-0.2, -0.15) is 8.42 Å². The van der Waals surface area contributed by atoms with Crippen molar-refractivity contribution in [3.8, 4) is 5.75 Å². The number of benzene rings is 4. The third-order valence-corrected chi connectivity index (χ3v) is 9.87. The summed E-state index contributed by atoms with van der Waals surface area (Å²) in [5.41, 5.74) is 2.97. The third-order valence-electron chi connectivity index (χ3n) is 8.57. The van der Waals surface area contributed by atoms with Crippen molar-refractivity contribution in [2.24, 2.45) is 0 Å². The standard InChI is InChI=1S/C37H38N2O9S/c1-4-17-46-37-33(35(41)34(40)32(48-37)22-47-49(43,44)28-14-9-23(2)10-15-28)38-36(42)30-21-39(31-19-27(45-3)13-16-29(30)31)20-24-11-12-25-7-5-6-8-26(25)18-24/h4-16,18-19,21,32-35,37,40-41H,1,17,20,22H2,2-3H3,(H,38,42)/t32-,33-,34-,35-,37?/m1/s1. The number of methoxy groups -OCH3 is 1. The van der Waals surface area contributed by atoms with Crippen molar-refractivity contribution in [2.45, 2.75) is 49.0 Å². The second-order valence-corrected chi connectivity index (χ2v) is 13.5. The van der Waals surface area contributed by atoms with E-state index in [9.17, 15) is 23.4 Å². The number of carbonyl (C=O) groups is 1. The fraction of sp³-hybridized carbons (Fsp3) is 0.270. The predicted octanol–water partition coefficient (Wildman–Crippen LogP) is 4.31. The zero-order chi connectivity index (χ0) is 34.7. The van der Waals surface area contributed by atoms with Crippen LogP contribution < -0.4 is 10.1 Å². The summed E-state index contributed by atoms with van der Waals surface area (Å²) in [5.74, 6) is 0.0724. The van der Waals surface area contributed by atoms with Crippen LogP contribution in [-0.4, -0.2) is 80.1 Å². The van der Waals surface area contributed by atoms with Crippen LogP contribution in [0.1, 0.15) is 21.5 Å². The lowest BCUT2D eigenvalue weighted by atomic mass is 9.96. The lowest BCUT2D eigenvalue weighted by Crippen LogP contribution is -2.65. The van der Waals surface area contributed by atoms with E-state index in [0.717, 1.165) is 27.4 Å². The molecule has 4 aromatic carbocycles. The number of aromatic nitrogens is 1. The van der Waals surface area contributed by atoms with Crippen LogP contribution in [0.5, 0.6) is 5.75 Å². The molecule has 1 aromatic heterocycles. The van der Waals surface area contributed by atoms with Crippen molar-refractivity contribution in [1.82, 2.24) is 9.88 Å². The summed E-state index contributed by atoms with van der Waals surface area (Å²) in [5, 5.41) is 27.9. The predicted molar refractivity (Wildman–Crippen MR) is 184 cm³/mol. The summed E-state index contributed by atoms with van der Waals surface area (Å²) in [4.78, 5) is 13.9. The number of rotatable bonds is 12. The van der Waals surface area contributed by atoms with Crippen molar-refractivity contribution in [3.63, 3.8) is 0 Å². The van der Waals surface area contributed by atoms with E-state index in [1.807, 2.05) is 47.9 Å². The first-order chi connectivity index (χ1) is 23.6. The number of ether oxygens (including phenoxy) is 3. The first-order valence-electron chi connectivity index (χ1n) is 15.7. The highest BCUT2D eigenvalue weighted by Gasteiger charge is 2.46. The highest BCUT2D eigenvalue weighted by Crippen LogP contribution is 2.29. The minimum absolute atomic E-state index is 0.0139. The number of nitrogens with one attached hydrogen (secondary N) is 1. The molecule has 5 atom stereocenters. The molecule has 1 unspecified atom stereocenters. The molecule has 1 saturated heterocycles. The molecule has 1 fully saturated rings. The Morgan fingerprint density at radius 2 is 1.76 bits per heavy atom. The fourth-order valence-electron chi connectivity index (χ4n) is 5.93. The molecule has 49 heavy (non-hydrogen) atoms. The van der Waals surface area contributed by atoms with Crippen LogP contribution in [0, 0.1) is 6.92 Å². The van der Waals surface area contributed by atoms with Crippen molar-refractivity contribution in [1.29, 1.82) is 0 Å². The Morgan fingerprint density at radius 3 is 2.49 bits per heavy atom. The largest absolute Gasteiger partial charge is 0.497 e. The number of nitrogens with zero attached hydrogens (tertiary/aromatic N) is 1. The smallest absolute Gasteiger partial charge is 0.297 e. The Kier molecular flexibility index (Phi) is 10.2. The Bertz CT molecular complexity index is 2080. The second-order valence-electron chi connectivity index (χ2n) is 11.9. The van der Waals surface area contributed by atoms with Crippen LogP contribution >= 0.6 is 0 Å². The van der Waals surface area contributed by atoms with Gasteiger partial charge in [0.05, 0.1) is 36.3 Å². The Balaban J connectivity index is 1.24. The molecular formula is C37H38N2O9S. The zero-order valence-electron chi connectivity index (χ0n) is 27.1. The lowest BCUT2D eigenvalue weighted by Gasteiger charge is -2.42. The lowest BCUT2D eigenvalue weighted by molar-refractivity contribution is -0.264. The van der Waals surface area contributed by atoms with Crippen LogP contribution in [0.15, 0.2) is 109 Å². The molecule has 11 nitrogen and oxygen atoms in total. The molecule has 1 aliphatic rings. The van der Waals surface area contributed by atoms with Gasteiger partial charge in [-0.3, -0.25) is 8.98 Å². The van der Waals surface area contributed by atoms with E-state index in [4.69, 9.17) is 18.4 Å². The normalized spacial score (nSPS) is 21.1. The molecule has 2 heterocycles. The van der Waals surface area contributed by atoms with E-state index in [2.05, 4.69) is 24.0 Å². The van der Waals surface area contributed by atoms with Gasteiger partial charge < -0.3 is 34.3 Å². The number of fused-ring (bicyclic) bond motifs is 2. The highest BCUT2D eigenvalue weighted by atomic mass is 32.2. The van der Waals surface area contributed by atoms with E-state index in [-0.39, 0.29) is 11.5 Å². The van der Waals surface area contributed by atoms with Crippen molar-refractivity contribution in [3.05, 3.63) is 120 Å². The first-order valence-corrected chi connectivity index (χ1v) is 17.1. The molecule has 12 heteroatoms. The number of aryl methyl sites for hydroxylation is 1. The van der Waals surface area contributed by atoms with E-state index in [1.54, 1.807) is 37.6 Å². The summed E-state index contributed by atoms with van der Waals surface area (Å²) in [6.07, 6.45) is -2.61. The van der Waals surface area contributed by atoms with Gasteiger partial charge in [0.1, 0.15) is 30.1 Å². The van der Waals surface area contributed by atoms with E-state index in [1.165, 1.54) is 18.2 Å². The van der Waals surface area contributed by atoms with Gasteiger partial charge in [-0.05, 0) is 53.6 Å². The van der Waals surface area contributed by atoms with Crippen LogP contribution in [0.4, 0.5) is 0 Å². The topological polar surface area (TPSA) is 146 Å². The number of amides is 1. The Morgan fingerprint density at radius 1 is 1.00 bits per heavy atom. The number of aliphatic hydroxyl groups excluding tert-OH is 2. The van der Waals surface area contributed by atoms with Crippen molar-refractivity contribution >= 4 is 37.7 Å². The minimum Gasteiger partial charge on any atom is -0.497 e. The second kappa shape index (κ2) is 14.5. The molecule has 0 spiro atoms. The zero-order valence-corrected chi connectivity index (χ0v) is 27.9. The van der Waals surface area contributed by atoms with Crippen LogP contribution in [0.3, 0.4) is 0 Å². The molecule has 0 radical (unpaired) electrons. The maximum atomic E-state index is 13.9. The molecule has 256 valence electrons. The molecule has 0 aliphatic carbocycles. The monoisotopic (exact) mass is 686 g/mol. The molecule has 1 amide bonds.